The monoisotopic (exact) mass is 435 g/mol. The van der Waals surface area contributed by atoms with E-state index in [2.05, 4.69) is 0 Å². The molecular formula is C22H20F3NO5. The highest BCUT2D eigenvalue weighted by Crippen LogP contribution is 2.40. The summed E-state index contributed by atoms with van der Waals surface area (Å²) in [7, 11) is 0. The second-order valence-corrected chi connectivity index (χ2v) is 7.33. The van der Waals surface area contributed by atoms with Gasteiger partial charge in [-0.05, 0) is 31.2 Å². The van der Waals surface area contributed by atoms with Crippen LogP contribution in [0.1, 0.15) is 16.9 Å². The minimum atomic E-state index is -4.98. The molecule has 1 saturated heterocycles. The quantitative estimate of drug-likeness (QED) is 0.653. The van der Waals surface area contributed by atoms with Crippen LogP contribution in [0.3, 0.4) is 0 Å². The highest BCUT2D eigenvalue weighted by molar-refractivity contribution is 5.83. The highest BCUT2D eigenvalue weighted by Gasteiger charge is 2.41. The Bertz CT molecular complexity index is 1150. The van der Waals surface area contributed by atoms with E-state index in [0.29, 0.717) is 26.3 Å². The van der Waals surface area contributed by atoms with E-state index in [-0.39, 0.29) is 34.6 Å². The van der Waals surface area contributed by atoms with Crippen molar-refractivity contribution >= 4 is 11.0 Å². The number of hydrogen-bond acceptors (Lipinski definition) is 6. The zero-order valence-electron chi connectivity index (χ0n) is 16.7. The first-order valence-electron chi connectivity index (χ1n) is 9.67. The number of fused-ring (bicyclic) bond motifs is 1. The number of alkyl halides is 3. The van der Waals surface area contributed by atoms with Crippen molar-refractivity contribution in [2.24, 2.45) is 0 Å². The summed E-state index contributed by atoms with van der Waals surface area (Å²) in [5, 5.41) is 10.2. The number of nitrogens with zero attached hydrogens (tertiary/aromatic N) is 1. The van der Waals surface area contributed by atoms with E-state index in [0.717, 1.165) is 5.56 Å². The van der Waals surface area contributed by atoms with Gasteiger partial charge in [-0.1, -0.05) is 17.7 Å². The zero-order chi connectivity index (χ0) is 22.2. The Kier molecular flexibility index (Phi) is 5.63. The van der Waals surface area contributed by atoms with Crippen LogP contribution in [0, 0.1) is 6.92 Å². The number of aryl methyl sites for hydroxylation is 1. The number of rotatable bonds is 4. The van der Waals surface area contributed by atoms with Crippen molar-refractivity contribution in [3.05, 3.63) is 63.5 Å². The van der Waals surface area contributed by atoms with Gasteiger partial charge in [-0.3, -0.25) is 9.69 Å². The van der Waals surface area contributed by atoms with E-state index >= 15 is 0 Å². The Morgan fingerprint density at radius 3 is 2.42 bits per heavy atom. The summed E-state index contributed by atoms with van der Waals surface area (Å²) in [6, 6.07) is 8.77. The van der Waals surface area contributed by atoms with Crippen molar-refractivity contribution < 1.29 is 32.2 Å². The first-order chi connectivity index (χ1) is 14.7. The van der Waals surface area contributed by atoms with E-state index in [1.165, 1.54) is 24.3 Å². The molecule has 6 nitrogen and oxygen atoms in total. The summed E-state index contributed by atoms with van der Waals surface area (Å²) >= 11 is 0. The van der Waals surface area contributed by atoms with Crippen LogP contribution in [0.25, 0.3) is 11.0 Å². The van der Waals surface area contributed by atoms with Crippen LogP contribution in [0.5, 0.6) is 17.2 Å². The van der Waals surface area contributed by atoms with Crippen LogP contribution in [0.2, 0.25) is 0 Å². The Hall–Kier alpha value is -3.04. The molecule has 3 aromatic rings. The maximum absolute atomic E-state index is 13.8. The minimum absolute atomic E-state index is 0.0788. The maximum Gasteiger partial charge on any atom is 0.453 e. The number of ether oxygens (including phenoxy) is 2. The van der Waals surface area contributed by atoms with Crippen LogP contribution >= 0.6 is 0 Å². The number of aromatic hydroxyl groups is 1. The predicted octanol–water partition coefficient (Wildman–Crippen LogP) is 4.45. The van der Waals surface area contributed by atoms with Gasteiger partial charge in [0.15, 0.2) is 0 Å². The SMILES string of the molecule is Cc1ccc(Oc2c(C(F)(F)F)oc3c(CN4CCOCC4)c(O)ccc3c2=O)cc1. The fourth-order valence-electron chi connectivity index (χ4n) is 3.43. The Morgan fingerprint density at radius 1 is 1.10 bits per heavy atom. The van der Waals surface area contributed by atoms with Gasteiger partial charge in [-0.25, -0.2) is 0 Å². The molecule has 0 spiro atoms. The molecule has 164 valence electrons. The molecule has 0 radical (unpaired) electrons. The summed E-state index contributed by atoms with van der Waals surface area (Å²) < 4.78 is 57.3. The smallest absolute Gasteiger partial charge is 0.453 e. The third-order valence-corrected chi connectivity index (χ3v) is 5.08. The molecule has 2 aromatic carbocycles. The first kappa shape index (κ1) is 21.2. The van der Waals surface area contributed by atoms with Crippen LogP contribution in [-0.2, 0) is 17.5 Å². The van der Waals surface area contributed by atoms with Crippen LogP contribution in [0.15, 0.2) is 45.6 Å². The summed E-state index contributed by atoms with van der Waals surface area (Å²) in [5.74, 6) is -2.65. The molecule has 0 atom stereocenters. The van der Waals surface area contributed by atoms with E-state index in [4.69, 9.17) is 13.9 Å². The molecule has 2 heterocycles. The second-order valence-electron chi connectivity index (χ2n) is 7.33. The molecule has 0 amide bonds. The Balaban J connectivity index is 1.87. The van der Waals surface area contributed by atoms with Gasteiger partial charge >= 0.3 is 6.18 Å². The first-order valence-corrected chi connectivity index (χ1v) is 9.67. The molecule has 4 rings (SSSR count). The maximum atomic E-state index is 13.8. The molecule has 1 N–H and O–H groups in total. The van der Waals surface area contributed by atoms with Crippen LogP contribution < -0.4 is 10.2 Å². The molecule has 1 aromatic heterocycles. The van der Waals surface area contributed by atoms with Gasteiger partial charge in [0, 0.05) is 19.6 Å². The lowest BCUT2D eigenvalue weighted by Gasteiger charge is -2.27. The molecule has 1 fully saturated rings. The van der Waals surface area contributed by atoms with Gasteiger partial charge in [0.05, 0.1) is 24.2 Å². The number of morpholine rings is 1. The molecule has 1 aliphatic rings. The van der Waals surface area contributed by atoms with Gasteiger partial charge in [-0.2, -0.15) is 13.2 Å². The lowest BCUT2D eigenvalue weighted by molar-refractivity contribution is -0.154. The van der Waals surface area contributed by atoms with E-state index in [1.807, 2.05) is 11.8 Å². The van der Waals surface area contributed by atoms with Gasteiger partial charge in [-0.15, -0.1) is 0 Å². The minimum Gasteiger partial charge on any atom is -0.507 e. The van der Waals surface area contributed by atoms with Crippen molar-refractivity contribution in [3.63, 3.8) is 0 Å². The van der Waals surface area contributed by atoms with Gasteiger partial charge in [0.1, 0.15) is 17.1 Å². The van der Waals surface area contributed by atoms with Crippen molar-refractivity contribution in [2.75, 3.05) is 26.3 Å². The molecule has 9 heteroatoms. The number of benzene rings is 2. The van der Waals surface area contributed by atoms with Gasteiger partial charge < -0.3 is 19.0 Å². The normalized spacial score (nSPS) is 15.4. The molecule has 0 bridgehead atoms. The standard InChI is InChI=1S/C22H20F3NO5/c1-13-2-4-14(5-3-13)30-20-18(28)15-6-7-17(27)16(12-26-8-10-29-11-9-26)19(15)31-21(20)22(23,24)25/h2-7,27H,8-12H2,1H3. The third kappa shape index (κ3) is 4.38. The van der Waals surface area contributed by atoms with Crippen molar-refractivity contribution in [3.8, 4) is 17.2 Å². The molecule has 0 aliphatic carbocycles. The lowest BCUT2D eigenvalue weighted by atomic mass is 10.1. The van der Waals surface area contributed by atoms with Crippen molar-refractivity contribution in [1.82, 2.24) is 4.90 Å². The lowest BCUT2D eigenvalue weighted by Crippen LogP contribution is -2.35. The van der Waals surface area contributed by atoms with E-state index in [9.17, 15) is 23.1 Å². The average molecular weight is 435 g/mol. The number of phenolic OH excluding ortho intramolecular Hbond substituents is 1. The Labute approximate surface area is 175 Å². The van der Waals surface area contributed by atoms with Gasteiger partial charge in [0.2, 0.25) is 11.2 Å². The zero-order valence-corrected chi connectivity index (χ0v) is 16.7. The van der Waals surface area contributed by atoms with Crippen molar-refractivity contribution in [1.29, 1.82) is 0 Å². The van der Waals surface area contributed by atoms with E-state index in [1.54, 1.807) is 12.1 Å². The largest absolute Gasteiger partial charge is 0.507 e. The Morgan fingerprint density at radius 2 is 1.77 bits per heavy atom. The average Bonchev–Trinajstić information content (AvgIpc) is 2.73. The fourth-order valence-corrected chi connectivity index (χ4v) is 3.43. The third-order valence-electron chi connectivity index (χ3n) is 5.08. The molecule has 0 saturated carbocycles. The molecule has 31 heavy (non-hydrogen) atoms. The summed E-state index contributed by atoms with van der Waals surface area (Å²) in [4.78, 5) is 14.9. The summed E-state index contributed by atoms with van der Waals surface area (Å²) in [5.41, 5.74) is -0.265. The molecule has 0 unspecified atom stereocenters. The van der Waals surface area contributed by atoms with Crippen LogP contribution in [0.4, 0.5) is 13.2 Å². The molecular weight excluding hydrogens is 415 g/mol. The van der Waals surface area contributed by atoms with E-state index < -0.39 is 23.1 Å². The number of hydrogen-bond donors (Lipinski definition) is 1. The van der Waals surface area contributed by atoms with Crippen LogP contribution in [-0.4, -0.2) is 36.3 Å². The number of phenols is 1. The van der Waals surface area contributed by atoms with Gasteiger partial charge in [0.25, 0.3) is 5.76 Å². The highest BCUT2D eigenvalue weighted by atomic mass is 19.4. The second kappa shape index (κ2) is 8.24. The topological polar surface area (TPSA) is 72.1 Å². The number of halogens is 3. The summed E-state index contributed by atoms with van der Waals surface area (Å²) in [6.07, 6.45) is -4.98. The fraction of sp³-hybridized carbons (Fsp3) is 0.318. The van der Waals surface area contributed by atoms with Crippen molar-refractivity contribution in [2.45, 2.75) is 19.6 Å². The summed E-state index contributed by atoms with van der Waals surface area (Å²) in [6.45, 7) is 3.96. The molecule has 1 aliphatic heterocycles. The predicted molar refractivity (Wildman–Crippen MR) is 106 cm³/mol.